The Hall–Kier alpha value is -2.58. The Morgan fingerprint density at radius 1 is 1.00 bits per heavy atom. The van der Waals surface area contributed by atoms with Gasteiger partial charge >= 0.3 is 0 Å². The molecule has 2 atom stereocenters. The summed E-state index contributed by atoms with van der Waals surface area (Å²) in [5, 5.41) is 2.86. The van der Waals surface area contributed by atoms with Crippen molar-refractivity contribution in [2.24, 2.45) is 0 Å². The number of carbonyl (C=O) groups is 1. The Bertz CT molecular complexity index is 896. The first-order valence-electron chi connectivity index (χ1n) is 9.43. The minimum absolute atomic E-state index is 0.146. The van der Waals surface area contributed by atoms with Crippen LogP contribution < -0.4 is 19.5 Å². The van der Waals surface area contributed by atoms with Gasteiger partial charge in [-0.2, -0.15) is 0 Å². The molecule has 0 radical (unpaired) electrons. The molecule has 0 bridgehead atoms. The molecule has 2 N–H and O–H groups in total. The van der Waals surface area contributed by atoms with Crippen LogP contribution >= 0.6 is 0 Å². The first kappa shape index (κ1) is 22.7. The summed E-state index contributed by atoms with van der Waals surface area (Å²) < 4.78 is 37.7. The summed E-state index contributed by atoms with van der Waals surface area (Å²) in [5.74, 6) is 0.892. The fraction of sp³-hybridized carbons (Fsp3) is 0.381. The van der Waals surface area contributed by atoms with Crippen LogP contribution in [0.5, 0.6) is 11.5 Å². The SMILES string of the molecule is CCC(C)NS(=O)(=O)c1ccc(OCC(=O)NC(C)c2ccc(OC)cc2)cc1. The van der Waals surface area contributed by atoms with Gasteiger partial charge in [0.25, 0.3) is 5.91 Å². The molecule has 0 aliphatic heterocycles. The van der Waals surface area contributed by atoms with Crippen molar-refractivity contribution in [1.82, 2.24) is 10.0 Å². The zero-order chi connectivity index (χ0) is 21.4. The van der Waals surface area contributed by atoms with E-state index in [0.717, 1.165) is 11.3 Å². The maximum atomic E-state index is 12.3. The van der Waals surface area contributed by atoms with Crippen molar-refractivity contribution in [3.05, 3.63) is 54.1 Å². The van der Waals surface area contributed by atoms with Gasteiger partial charge in [0.2, 0.25) is 10.0 Å². The second-order valence-electron chi connectivity index (χ2n) is 6.75. The van der Waals surface area contributed by atoms with Gasteiger partial charge in [0.1, 0.15) is 11.5 Å². The first-order chi connectivity index (χ1) is 13.7. The van der Waals surface area contributed by atoms with Gasteiger partial charge < -0.3 is 14.8 Å². The monoisotopic (exact) mass is 420 g/mol. The number of methoxy groups -OCH3 is 1. The number of sulfonamides is 1. The molecule has 0 aromatic heterocycles. The van der Waals surface area contributed by atoms with E-state index in [4.69, 9.17) is 9.47 Å². The van der Waals surface area contributed by atoms with Gasteiger partial charge in [-0.25, -0.2) is 13.1 Å². The van der Waals surface area contributed by atoms with Crippen LogP contribution in [0.15, 0.2) is 53.4 Å². The molecule has 158 valence electrons. The molecule has 2 aromatic carbocycles. The Balaban J connectivity index is 1.88. The number of nitrogens with one attached hydrogen (secondary N) is 2. The van der Waals surface area contributed by atoms with E-state index in [-0.39, 0.29) is 29.5 Å². The highest BCUT2D eigenvalue weighted by molar-refractivity contribution is 7.89. The van der Waals surface area contributed by atoms with Crippen molar-refractivity contribution >= 4 is 15.9 Å². The van der Waals surface area contributed by atoms with E-state index in [1.165, 1.54) is 24.3 Å². The Morgan fingerprint density at radius 3 is 2.14 bits per heavy atom. The van der Waals surface area contributed by atoms with Gasteiger partial charge in [0.05, 0.1) is 18.0 Å². The molecule has 0 fully saturated rings. The molecule has 29 heavy (non-hydrogen) atoms. The van der Waals surface area contributed by atoms with Crippen molar-refractivity contribution in [2.45, 2.75) is 44.2 Å². The summed E-state index contributed by atoms with van der Waals surface area (Å²) in [6.07, 6.45) is 0.699. The van der Waals surface area contributed by atoms with Crippen LogP contribution in [0.25, 0.3) is 0 Å². The summed E-state index contributed by atoms with van der Waals surface area (Å²) in [6, 6.07) is 13.1. The molecule has 0 saturated heterocycles. The number of rotatable bonds is 10. The number of carbonyl (C=O) groups excluding carboxylic acids is 1. The third-order valence-corrected chi connectivity index (χ3v) is 6.07. The number of amides is 1. The summed E-state index contributed by atoms with van der Waals surface area (Å²) in [6.45, 7) is 5.42. The van der Waals surface area contributed by atoms with Crippen LogP contribution in [0.1, 0.15) is 38.8 Å². The topological polar surface area (TPSA) is 93.7 Å². The Labute approximate surface area is 172 Å². The third-order valence-electron chi connectivity index (χ3n) is 4.47. The number of hydrogen-bond donors (Lipinski definition) is 2. The lowest BCUT2D eigenvalue weighted by Crippen LogP contribution is -2.32. The number of benzene rings is 2. The average molecular weight is 421 g/mol. The average Bonchev–Trinajstić information content (AvgIpc) is 2.72. The van der Waals surface area contributed by atoms with E-state index in [1.807, 2.05) is 38.1 Å². The molecule has 7 nitrogen and oxygen atoms in total. The van der Waals surface area contributed by atoms with Crippen molar-refractivity contribution in [2.75, 3.05) is 13.7 Å². The molecule has 2 rings (SSSR count). The quantitative estimate of drug-likeness (QED) is 0.616. The zero-order valence-electron chi connectivity index (χ0n) is 17.1. The second-order valence-corrected chi connectivity index (χ2v) is 8.47. The van der Waals surface area contributed by atoms with Gasteiger partial charge in [0.15, 0.2) is 6.61 Å². The van der Waals surface area contributed by atoms with Gasteiger partial charge in [-0.1, -0.05) is 19.1 Å². The van der Waals surface area contributed by atoms with Gasteiger partial charge in [-0.05, 0) is 62.2 Å². The van der Waals surface area contributed by atoms with Crippen LogP contribution in [-0.4, -0.2) is 34.1 Å². The molecule has 2 unspecified atom stereocenters. The van der Waals surface area contributed by atoms with Crippen molar-refractivity contribution in [1.29, 1.82) is 0 Å². The number of hydrogen-bond acceptors (Lipinski definition) is 5. The summed E-state index contributed by atoms with van der Waals surface area (Å²) >= 11 is 0. The molecular formula is C21H28N2O5S. The molecule has 0 spiro atoms. The number of ether oxygens (including phenoxy) is 2. The van der Waals surface area contributed by atoms with Crippen molar-refractivity contribution in [3.63, 3.8) is 0 Å². The molecular weight excluding hydrogens is 392 g/mol. The maximum Gasteiger partial charge on any atom is 0.258 e. The minimum atomic E-state index is -3.57. The smallest absolute Gasteiger partial charge is 0.258 e. The van der Waals surface area contributed by atoms with E-state index in [2.05, 4.69) is 10.0 Å². The van der Waals surface area contributed by atoms with Gasteiger partial charge in [-0.3, -0.25) is 4.79 Å². The van der Waals surface area contributed by atoms with E-state index in [1.54, 1.807) is 14.0 Å². The summed E-state index contributed by atoms with van der Waals surface area (Å²) in [4.78, 5) is 12.3. The highest BCUT2D eigenvalue weighted by Crippen LogP contribution is 2.18. The van der Waals surface area contributed by atoms with Gasteiger partial charge in [-0.15, -0.1) is 0 Å². The molecule has 2 aromatic rings. The van der Waals surface area contributed by atoms with E-state index >= 15 is 0 Å². The van der Waals surface area contributed by atoms with Crippen LogP contribution in [-0.2, 0) is 14.8 Å². The maximum absolute atomic E-state index is 12.3. The summed E-state index contributed by atoms with van der Waals surface area (Å²) in [7, 11) is -1.97. The molecule has 0 aliphatic rings. The Kier molecular flexibility index (Phi) is 8.04. The summed E-state index contributed by atoms with van der Waals surface area (Å²) in [5.41, 5.74) is 0.947. The molecule has 0 saturated carbocycles. The predicted molar refractivity (Wildman–Crippen MR) is 112 cm³/mol. The first-order valence-corrected chi connectivity index (χ1v) is 10.9. The van der Waals surface area contributed by atoms with Crippen molar-refractivity contribution < 1.29 is 22.7 Å². The lowest BCUT2D eigenvalue weighted by atomic mass is 10.1. The second kappa shape index (κ2) is 10.3. The highest BCUT2D eigenvalue weighted by atomic mass is 32.2. The van der Waals surface area contributed by atoms with Crippen LogP contribution in [0.3, 0.4) is 0 Å². The van der Waals surface area contributed by atoms with E-state index in [9.17, 15) is 13.2 Å². The van der Waals surface area contributed by atoms with Crippen LogP contribution in [0, 0.1) is 0 Å². The highest BCUT2D eigenvalue weighted by Gasteiger charge is 2.16. The molecule has 8 heteroatoms. The Morgan fingerprint density at radius 2 is 1.59 bits per heavy atom. The van der Waals surface area contributed by atoms with Crippen molar-refractivity contribution in [3.8, 4) is 11.5 Å². The van der Waals surface area contributed by atoms with E-state index < -0.39 is 10.0 Å². The van der Waals surface area contributed by atoms with Crippen LogP contribution in [0.2, 0.25) is 0 Å². The predicted octanol–water partition coefficient (Wildman–Crippen LogP) is 3.03. The standard InChI is InChI=1S/C21H28N2O5S/c1-5-15(2)23-29(25,26)20-12-10-19(11-13-20)28-14-21(24)22-16(3)17-6-8-18(27-4)9-7-17/h6-13,15-16,23H,5,14H2,1-4H3,(H,22,24). The molecule has 0 heterocycles. The van der Waals surface area contributed by atoms with Crippen LogP contribution in [0.4, 0.5) is 0 Å². The lowest BCUT2D eigenvalue weighted by Gasteiger charge is -2.15. The largest absolute Gasteiger partial charge is 0.497 e. The fourth-order valence-electron chi connectivity index (χ4n) is 2.54. The zero-order valence-corrected chi connectivity index (χ0v) is 18.0. The normalized spacial score (nSPS) is 13.4. The molecule has 1 amide bonds. The lowest BCUT2D eigenvalue weighted by molar-refractivity contribution is -0.123. The fourth-order valence-corrected chi connectivity index (χ4v) is 3.87. The van der Waals surface area contributed by atoms with E-state index in [0.29, 0.717) is 12.2 Å². The minimum Gasteiger partial charge on any atom is -0.497 e. The van der Waals surface area contributed by atoms with Gasteiger partial charge in [0, 0.05) is 6.04 Å². The molecule has 0 aliphatic carbocycles. The third kappa shape index (κ3) is 6.76.